The SMILES string of the molecule is Cc1ccccc1C(C)NC(=O)CCCn1cc([N+](=O)[O-])cn1. The van der Waals surface area contributed by atoms with Gasteiger partial charge in [-0.05, 0) is 31.4 Å². The minimum Gasteiger partial charge on any atom is -0.350 e. The van der Waals surface area contributed by atoms with Crippen LogP contribution in [0.25, 0.3) is 0 Å². The number of nitrogens with one attached hydrogen (secondary N) is 1. The molecule has 0 saturated carbocycles. The largest absolute Gasteiger partial charge is 0.350 e. The number of hydrogen-bond donors (Lipinski definition) is 1. The second-order valence-corrected chi connectivity index (χ2v) is 5.47. The van der Waals surface area contributed by atoms with E-state index in [-0.39, 0.29) is 17.6 Å². The lowest BCUT2D eigenvalue weighted by atomic mass is 10.0. The Hall–Kier alpha value is -2.70. The lowest BCUT2D eigenvalue weighted by Gasteiger charge is -2.16. The zero-order chi connectivity index (χ0) is 16.8. The first-order valence-corrected chi connectivity index (χ1v) is 7.49. The van der Waals surface area contributed by atoms with Gasteiger partial charge in [-0.25, -0.2) is 0 Å². The van der Waals surface area contributed by atoms with Gasteiger partial charge in [0.05, 0.1) is 11.0 Å². The number of aromatic nitrogens is 2. The predicted molar refractivity (Wildman–Crippen MR) is 85.9 cm³/mol. The standard InChI is InChI=1S/C16H20N4O3/c1-12-6-3-4-7-15(12)13(2)18-16(21)8-5-9-19-11-14(10-17-19)20(22)23/h3-4,6-7,10-11,13H,5,8-9H2,1-2H3,(H,18,21). The van der Waals surface area contributed by atoms with Crippen LogP contribution in [0.15, 0.2) is 36.7 Å². The van der Waals surface area contributed by atoms with Crippen LogP contribution in [0.2, 0.25) is 0 Å². The van der Waals surface area contributed by atoms with E-state index in [1.165, 1.54) is 17.1 Å². The van der Waals surface area contributed by atoms with Crippen LogP contribution in [0.5, 0.6) is 0 Å². The summed E-state index contributed by atoms with van der Waals surface area (Å²) in [4.78, 5) is 22.1. The molecule has 7 heteroatoms. The number of carbonyl (C=O) groups is 1. The lowest BCUT2D eigenvalue weighted by molar-refractivity contribution is -0.385. The Morgan fingerprint density at radius 2 is 2.17 bits per heavy atom. The van der Waals surface area contributed by atoms with Crippen LogP contribution in [0, 0.1) is 17.0 Å². The maximum atomic E-state index is 12.0. The van der Waals surface area contributed by atoms with Crippen LogP contribution in [-0.2, 0) is 11.3 Å². The number of aryl methyl sites for hydroxylation is 2. The summed E-state index contributed by atoms with van der Waals surface area (Å²) in [6.45, 7) is 4.44. The van der Waals surface area contributed by atoms with Crippen LogP contribution in [-0.4, -0.2) is 20.6 Å². The van der Waals surface area contributed by atoms with Crippen LogP contribution in [0.3, 0.4) is 0 Å². The van der Waals surface area contributed by atoms with E-state index in [2.05, 4.69) is 10.4 Å². The van der Waals surface area contributed by atoms with E-state index in [0.717, 1.165) is 11.1 Å². The third-order valence-electron chi connectivity index (χ3n) is 3.65. The number of amides is 1. The Morgan fingerprint density at radius 1 is 1.43 bits per heavy atom. The van der Waals surface area contributed by atoms with Crippen molar-refractivity contribution in [1.29, 1.82) is 0 Å². The highest BCUT2D eigenvalue weighted by atomic mass is 16.6. The van der Waals surface area contributed by atoms with E-state index >= 15 is 0 Å². The van der Waals surface area contributed by atoms with Crippen molar-refractivity contribution in [3.05, 3.63) is 57.9 Å². The van der Waals surface area contributed by atoms with Crippen molar-refractivity contribution in [2.75, 3.05) is 0 Å². The fraction of sp³-hybridized carbons (Fsp3) is 0.375. The van der Waals surface area contributed by atoms with E-state index < -0.39 is 4.92 Å². The van der Waals surface area contributed by atoms with Crippen LogP contribution in [0.1, 0.15) is 36.9 Å². The molecule has 1 atom stereocenters. The molecule has 1 heterocycles. The molecule has 0 fully saturated rings. The van der Waals surface area contributed by atoms with E-state index in [1.807, 2.05) is 38.1 Å². The van der Waals surface area contributed by atoms with Gasteiger partial charge in [-0.3, -0.25) is 19.6 Å². The van der Waals surface area contributed by atoms with Crippen molar-refractivity contribution in [2.24, 2.45) is 0 Å². The molecule has 0 radical (unpaired) electrons. The third kappa shape index (κ3) is 4.64. The molecule has 0 aliphatic heterocycles. The molecule has 2 rings (SSSR count). The topological polar surface area (TPSA) is 90.1 Å². The van der Waals surface area contributed by atoms with Crippen molar-refractivity contribution in [1.82, 2.24) is 15.1 Å². The van der Waals surface area contributed by atoms with E-state index in [0.29, 0.717) is 19.4 Å². The summed E-state index contributed by atoms with van der Waals surface area (Å²) in [5.41, 5.74) is 2.20. The average molecular weight is 316 g/mol. The normalized spacial score (nSPS) is 11.9. The molecule has 1 aromatic heterocycles. The van der Waals surface area contributed by atoms with E-state index in [9.17, 15) is 14.9 Å². The first kappa shape index (κ1) is 16.7. The van der Waals surface area contributed by atoms with Gasteiger partial charge in [-0.1, -0.05) is 24.3 Å². The van der Waals surface area contributed by atoms with Crippen LogP contribution < -0.4 is 5.32 Å². The summed E-state index contributed by atoms with van der Waals surface area (Å²) in [6, 6.07) is 7.90. The minimum absolute atomic E-state index is 0.0392. The molecular weight excluding hydrogens is 296 g/mol. The Bertz CT molecular complexity index is 696. The first-order valence-electron chi connectivity index (χ1n) is 7.49. The van der Waals surface area contributed by atoms with Gasteiger partial charge >= 0.3 is 5.69 Å². The van der Waals surface area contributed by atoms with Gasteiger partial charge in [0.15, 0.2) is 0 Å². The second-order valence-electron chi connectivity index (χ2n) is 5.47. The molecule has 0 spiro atoms. The summed E-state index contributed by atoms with van der Waals surface area (Å²) >= 11 is 0. The Kier molecular flexibility index (Phi) is 5.46. The number of nitrogens with zero attached hydrogens (tertiary/aromatic N) is 3. The van der Waals surface area contributed by atoms with Gasteiger partial charge in [-0.2, -0.15) is 5.10 Å². The summed E-state index contributed by atoms with van der Waals surface area (Å²) < 4.78 is 1.48. The molecule has 0 aliphatic carbocycles. The van der Waals surface area contributed by atoms with Crippen molar-refractivity contribution >= 4 is 11.6 Å². The number of hydrogen-bond acceptors (Lipinski definition) is 4. The number of rotatable bonds is 7. The smallest absolute Gasteiger partial charge is 0.306 e. The highest BCUT2D eigenvalue weighted by Gasteiger charge is 2.12. The molecule has 1 aromatic carbocycles. The highest BCUT2D eigenvalue weighted by molar-refractivity contribution is 5.76. The molecule has 7 nitrogen and oxygen atoms in total. The van der Waals surface area contributed by atoms with Gasteiger partial charge in [-0.15, -0.1) is 0 Å². The lowest BCUT2D eigenvalue weighted by Crippen LogP contribution is -2.27. The molecular formula is C16H20N4O3. The minimum atomic E-state index is -0.486. The van der Waals surface area contributed by atoms with Gasteiger partial charge in [0.1, 0.15) is 12.4 Å². The monoisotopic (exact) mass is 316 g/mol. The van der Waals surface area contributed by atoms with Crippen LogP contribution >= 0.6 is 0 Å². The molecule has 2 aromatic rings. The van der Waals surface area contributed by atoms with Crippen molar-refractivity contribution in [3.8, 4) is 0 Å². The van der Waals surface area contributed by atoms with Crippen molar-refractivity contribution in [3.63, 3.8) is 0 Å². The Morgan fingerprint density at radius 3 is 2.83 bits per heavy atom. The Labute approximate surface area is 134 Å². The Balaban J connectivity index is 1.78. The number of benzene rings is 1. The molecule has 1 amide bonds. The molecule has 0 saturated heterocycles. The molecule has 1 N–H and O–H groups in total. The molecule has 0 bridgehead atoms. The quantitative estimate of drug-likeness (QED) is 0.628. The fourth-order valence-electron chi connectivity index (χ4n) is 2.43. The molecule has 122 valence electrons. The van der Waals surface area contributed by atoms with Gasteiger partial charge in [0.2, 0.25) is 5.91 Å². The van der Waals surface area contributed by atoms with Crippen molar-refractivity contribution in [2.45, 2.75) is 39.3 Å². The van der Waals surface area contributed by atoms with Gasteiger partial charge < -0.3 is 5.32 Å². The zero-order valence-corrected chi connectivity index (χ0v) is 13.2. The predicted octanol–water partition coefficient (Wildman–Crippen LogP) is 2.76. The van der Waals surface area contributed by atoms with E-state index in [1.54, 1.807) is 0 Å². The number of nitro groups is 1. The molecule has 0 aliphatic rings. The summed E-state index contributed by atoms with van der Waals surface area (Å²) in [6.07, 6.45) is 3.50. The number of carbonyl (C=O) groups excluding carboxylic acids is 1. The summed E-state index contributed by atoms with van der Waals surface area (Å²) in [5, 5.41) is 17.4. The maximum Gasteiger partial charge on any atom is 0.306 e. The van der Waals surface area contributed by atoms with E-state index in [4.69, 9.17) is 0 Å². The summed E-state index contributed by atoms with van der Waals surface area (Å²) in [5.74, 6) is -0.0394. The third-order valence-corrected chi connectivity index (χ3v) is 3.65. The average Bonchev–Trinajstić information content (AvgIpc) is 2.96. The van der Waals surface area contributed by atoms with Crippen LogP contribution in [0.4, 0.5) is 5.69 Å². The maximum absolute atomic E-state index is 12.0. The van der Waals surface area contributed by atoms with Gasteiger partial charge in [0.25, 0.3) is 0 Å². The molecule has 23 heavy (non-hydrogen) atoms. The van der Waals surface area contributed by atoms with Crippen molar-refractivity contribution < 1.29 is 9.72 Å². The fourth-order valence-corrected chi connectivity index (χ4v) is 2.43. The highest BCUT2D eigenvalue weighted by Crippen LogP contribution is 2.16. The zero-order valence-electron chi connectivity index (χ0n) is 13.2. The summed E-state index contributed by atoms with van der Waals surface area (Å²) in [7, 11) is 0. The second kappa shape index (κ2) is 7.53. The molecule has 1 unspecified atom stereocenters. The first-order chi connectivity index (χ1) is 11.0. The van der Waals surface area contributed by atoms with Gasteiger partial charge in [0, 0.05) is 13.0 Å².